The molecule has 158 valence electrons. The Balaban J connectivity index is 1.61. The van der Waals surface area contributed by atoms with E-state index in [9.17, 15) is 9.59 Å². The van der Waals surface area contributed by atoms with Crippen LogP contribution in [0.25, 0.3) is 10.1 Å². The van der Waals surface area contributed by atoms with Gasteiger partial charge in [0.25, 0.3) is 11.8 Å². The van der Waals surface area contributed by atoms with Gasteiger partial charge in [0.2, 0.25) is 5.76 Å². The van der Waals surface area contributed by atoms with Crippen molar-refractivity contribution in [3.63, 3.8) is 0 Å². The minimum absolute atomic E-state index is 0.0882. The number of rotatable bonds is 6. The van der Waals surface area contributed by atoms with Crippen LogP contribution >= 0.6 is 11.3 Å². The van der Waals surface area contributed by atoms with Gasteiger partial charge < -0.3 is 19.4 Å². The second-order valence-electron chi connectivity index (χ2n) is 7.47. The molecule has 3 aromatic rings. The van der Waals surface area contributed by atoms with Gasteiger partial charge in [-0.05, 0) is 30.4 Å². The number of hydrogen-bond acceptors (Lipinski definition) is 6. The van der Waals surface area contributed by atoms with E-state index in [1.807, 2.05) is 18.2 Å². The van der Waals surface area contributed by atoms with Crippen LogP contribution in [0.15, 0.2) is 28.7 Å². The lowest BCUT2D eigenvalue weighted by atomic mass is 9.95. The summed E-state index contributed by atoms with van der Waals surface area (Å²) in [5.74, 6) is 0.667. The number of oxazole rings is 1. The third kappa shape index (κ3) is 3.85. The number of amides is 2. The normalized spacial score (nSPS) is 16.4. The van der Waals surface area contributed by atoms with Crippen LogP contribution in [-0.4, -0.2) is 55.0 Å². The second-order valence-corrected chi connectivity index (χ2v) is 8.53. The number of aromatic nitrogens is 1. The molecule has 8 heteroatoms. The maximum atomic E-state index is 13.0. The second kappa shape index (κ2) is 8.57. The van der Waals surface area contributed by atoms with E-state index in [4.69, 9.17) is 9.15 Å². The summed E-state index contributed by atoms with van der Waals surface area (Å²) < 4.78 is 11.6. The molecule has 0 unspecified atom stereocenters. The molecule has 0 bridgehead atoms. The Labute approximate surface area is 179 Å². The highest BCUT2D eigenvalue weighted by molar-refractivity contribution is 7.21. The first kappa shape index (κ1) is 20.6. The van der Waals surface area contributed by atoms with Gasteiger partial charge in [0.05, 0.1) is 17.2 Å². The van der Waals surface area contributed by atoms with Crippen LogP contribution in [-0.2, 0) is 4.74 Å². The van der Waals surface area contributed by atoms with Crippen molar-refractivity contribution in [1.82, 2.24) is 15.2 Å². The molecule has 4 rings (SSSR count). The van der Waals surface area contributed by atoms with Crippen molar-refractivity contribution in [3.05, 3.63) is 52.1 Å². The average Bonchev–Trinajstić information content (AvgIpc) is 3.43. The summed E-state index contributed by atoms with van der Waals surface area (Å²) in [5, 5.41) is 4.03. The van der Waals surface area contributed by atoms with Crippen molar-refractivity contribution in [2.45, 2.75) is 26.2 Å². The number of carbonyl (C=O) groups excluding carboxylic acids is 2. The van der Waals surface area contributed by atoms with Gasteiger partial charge in [0.15, 0.2) is 5.89 Å². The SMILES string of the molecule is COCCNC(=O)c1sc2ccccc2c1[C@H]1CCN(C(=O)c2oc(C)nc2C)C1. The van der Waals surface area contributed by atoms with Crippen molar-refractivity contribution in [2.75, 3.05) is 33.4 Å². The van der Waals surface area contributed by atoms with Gasteiger partial charge in [-0.3, -0.25) is 9.59 Å². The fraction of sp³-hybridized carbons (Fsp3) is 0.409. The Hall–Kier alpha value is -2.71. The molecule has 1 saturated heterocycles. The van der Waals surface area contributed by atoms with Gasteiger partial charge in [-0.25, -0.2) is 4.98 Å². The van der Waals surface area contributed by atoms with E-state index in [2.05, 4.69) is 16.4 Å². The summed E-state index contributed by atoms with van der Waals surface area (Å²) in [4.78, 5) is 32.6. The number of fused-ring (bicyclic) bond motifs is 1. The van der Waals surface area contributed by atoms with Crippen molar-refractivity contribution in [1.29, 1.82) is 0 Å². The first-order valence-corrected chi connectivity index (χ1v) is 10.8. The third-order valence-electron chi connectivity index (χ3n) is 5.41. The highest BCUT2D eigenvalue weighted by Gasteiger charge is 2.34. The number of carbonyl (C=O) groups is 2. The van der Waals surface area contributed by atoms with Crippen LogP contribution in [0, 0.1) is 13.8 Å². The number of ether oxygens (including phenoxy) is 1. The Morgan fingerprint density at radius 1 is 1.33 bits per heavy atom. The minimum Gasteiger partial charge on any atom is -0.436 e. The topological polar surface area (TPSA) is 84.7 Å². The van der Waals surface area contributed by atoms with Crippen LogP contribution in [0.4, 0.5) is 0 Å². The van der Waals surface area contributed by atoms with Gasteiger partial charge in [-0.1, -0.05) is 18.2 Å². The van der Waals surface area contributed by atoms with Crippen LogP contribution in [0.2, 0.25) is 0 Å². The predicted molar refractivity (Wildman–Crippen MR) is 115 cm³/mol. The fourth-order valence-electron chi connectivity index (χ4n) is 4.04. The summed E-state index contributed by atoms with van der Waals surface area (Å²) in [5.41, 5.74) is 1.64. The molecule has 0 saturated carbocycles. The molecule has 2 amide bonds. The molecular formula is C22H25N3O4S. The van der Waals surface area contributed by atoms with Gasteiger partial charge >= 0.3 is 0 Å². The van der Waals surface area contributed by atoms with Gasteiger partial charge in [0.1, 0.15) is 0 Å². The summed E-state index contributed by atoms with van der Waals surface area (Å²) >= 11 is 1.50. The number of likely N-dealkylation sites (tertiary alicyclic amines) is 1. The molecule has 0 aliphatic carbocycles. The van der Waals surface area contributed by atoms with E-state index in [1.54, 1.807) is 25.9 Å². The molecule has 1 aliphatic rings. The maximum absolute atomic E-state index is 13.0. The van der Waals surface area contributed by atoms with Gasteiger partial charge in [-0.15, -0.1) is 11.3 Å². The summed E-state index contributed by atoms with van der Waals surface area (Å²) in [7, 11) is 1.61. The van der Waals surface area contributed by atoms with E-state index in [0.29, 0.717) is 43.6 Å². The number of nitrogens with one attached hydrogen (secondary N) is 1. The van der Waals surface area contributed by atoms with Crippen molar-refractivity contribution < 1.29 is 18.7 Å². The third-order valence-corrected chi connectivity index (χ3v) is 6.60. The zero-order chi connectivity index (χ0) is 21.3. The predicted octanol–water partition coefficient (Wildman–Crippen LogP) is 3.51. The Kier molecular flexibility index (Phi) is 5.87. The van der Waals surface area contributed by atoms with Crippen molar-refractivity contribution in [2.24, 2.45) is 0 Å². The minimum atomic E-state index is -0.138. The van der Waals surface area contributed by atoms with E-state index in [1.165, 1.54) is 11.3 Å². The first-order chi connectivity index (χ1) is 14.5. The monoisotopic (exact) mass is 427 g/mol. The standard InChI is InChI=1S/C22H25N3O4S/c1-13-19(29-14(2)24-13)22(27)25-10-8-15(12-25)18-16-6-4-5-7-17(16)30-20(18)21(26)23-9-11-28-3/h4-7,15H,8-12H2,1-3H3,(H,23,26)/t15-/m0/s1. The Morgan fingerprint density at radius 2 is 2.13 bits per heavy atom. The van der Waals surface area contributed by atoms with Crippen LogP contribution < -0.4 is 5.32 Å². The zero-order valence-corrected chi connectivity index (χ0v) is 18.2. The largest absolute Gasteiger partial charge is 0.436 e. The molecule has 1 fully saturated rings. The fourth-order valence-corrected chi connectivity index (χ4v) is 5.25. The van der Waals surface area contributed by atoms with Crippen LogP contribution in [0.3, 0.4) is 0 Å². The number of aryl methyl sites for hydroxylation is 2. The molecule has 7 nitrogen and oxygen atoms in total. The quantitative estimate of drug-likeness (QED) is 0.609. The summed E-state index contributed by atoms with van der Waals surface area (Å²) in [6, 6.07) is 8.06. The number of benzene rings is 1. The highest BCUT2D eigenvalue weighted by Crippen LogP contribution is 2.40. The van der Waals surface area contributed by atoms with Gasteiger partial charge in [-0.2, -0.15) is 0 Å². The highest BCUT2D eigenvalue weighted by atomic mass is 32.1. The number of hydrogen-bond donors (Lipinski definition) is 1. The van der Waals surface area contributed by atoms with E-state index in [-0.39, 0.29) is 17.7 Å². The van der Waals surface area contributed by atoms with E-state index in [0.717, 1.165) is 26.9 Å². The lowest BCUT2D eigenvalue weighted by Crippen LogP contribution is -2.29. The molecule has 1 aliphatic heterocycles. The number of methoxy groups -OCH3 is 1. The summed E-state index contributed by atoms with van der Waals surface area (Å²) in [6.07, 6.45) is 0.803. The molecule has 0 spiro atoms. The lowest BCUT2D eigenvalue weighted by Gasteiger charge is -2.16. The van der Waals surface area contributed by atoms with Crippen LogP contribution in [0.1, 0.15) is 49.7 Å². The maximum Gasteiger partial charge on any atom is 0.291 e. The zero-order valence-electron chi connectivity index (χ0n) is 17.4. The smallest absolute Gasteiger partial charge is 0.291 e. The average molecular weight is 428 g/mol. The molecule has 30 heavy (non-hydrogen) atoms. The molecule has 0 radical (unpaired) electrons. The number of nitrogens with zero attached hydrogens (tertiary/aromatic N) is 2. The van der Waals surface area contributed by atoms with E-state index >= 15 is 0 Å². The Bertz CT molecular complexity index is 1090. The van der Waals surface area contributed by atoms with E-state index < -0.39 is 0 Å². The van der Waals surface area contributed by atoms with Gasteiger partial charge in [0, 0.05) is 44.3 Å². The molecule has 2 aromatic heterocycles. The van der Waals surface area contributed by atoms with Crippen molar-refractivity contribution >= 4 is 33.2 Å². The first-order valence-electron chi connectivity index (χ1n) is 10.0. The Morgan fingerprint density at radius 3 is 2.87 bits per heavy atom. The van der Waals surface area contributed by atoms with Crippen LogP contribution in [0.5, 0.6) is 0 Å². The van der Waals surface area contributed by atoms with Crippen molar-refractivity contribution in [3.8, 4) is 0 Å². The lowest BCUT2D eigenvalue weighted by molar-refractivity contribution is 0.0757. The molecule has 1 aromatic carbocycles. The molecule has 1 atom stereocenters. The number of thiophene rings is 1. The molecular weight excluding hydrogens is 402 g/mol. The molecule has 1 N–H and O–H groups in total. The molecule has 3 heterocycles. The summed E-state index contributed by atoms with van der Waals surface area (Å²) in [6.45, 7) is 5.62.